The van der Waals surface area contributed by atoms with Crippen molar-refractivity contribution < 1.29 is 9.53 Å². The zero-order chi connectivity index (χ0) is 13.5. The van der Waals surface area contributed by atoms with Crippen molar-refractivity contribution in [3.8, 4) is 0 Å². The Hall–Kier alpha value is -1.26. The number of nitrogens with two attached hydrogens (primary N) is 1. The van der Waals surface area contributed by atoms with Crippen LogP contribution in [-0.2, 0) is 4.74 Å². The highest BCUT2D eigenvalue weighted by Gasteiger charge is 2.17. The molecule has 0 radical (unpaired) electrons. The van der Waals surface area contributed by atoms with Crippen molar-refractivity contribution in [3.05, 3.63) is 28.8 Å². The van der Waals surface area contributed by atoms with Crippen LogP contribution in [0.4, 0.5) is 5.69 Å². The molecule has 0 atom stereocenters. The van der Waals surface area contributed by atoms with Gasteiger partial charge in [0.2, 0.25) is 0 Å². The van der Waals surface area contributed by atoms with Gasteiger partial charge < -0.3 is 15.4 Å². The van der Waals surface area contributed by atoms with Crippen LogP contribution < -0.4 is 5.73 Å². The van der Waals surface area contributed by atoms with Gasteiger partial charge in [-0.1, -0.05) is 17.7 Å². The van der Waals surface area contributed by atoms with Gasteiger partial charge in [0.05, 0.1) is 22.9 Å². The second kappa shape index (κ2) is 7.24. The number of carbonyl (C=O) groups excluding carboxylic acids is 1. The lowest BCUT2D eigenvalue weighted by Crippen LogP contribution is -2.34. The van der Waals surface area contributed by atoms with Gasteiger partial charge in [-0.2, -0.15) is 0 Å². The van der Waals surface area contributed by atoms with Crippen molar-refractivity contribution in [1.29, 1.82) is 0 Å². The highest BCUT2D eigenvalue weighted by Crippen LogP contribution is 2.24. The number of hydrogen-bond acceptors (Lipinski definition) is 3. The third-order valence-electron chi connectivity index (χ3n) is 2.64. The van der Waals surface area contributed by atoms with Gasteiger partial charge in [-0.05, 0) is 26.0 Å². The van der Waals surface area contributed by atoms with Crippen molar-refractivity contribution in [1.82, 2.24) is 4.90 Å². The van der Waals surface area contributed by atoms with Crippen LogP contribution in [0.5, 0.6) is 0 Å². The molecular formula is C13H19ClN2O2. The second-order valence-corrected chi connectivity index (χ2v) is 4.17. The van der Waals surface area contributed by atoms with Crippen molar-refractivity contribution in [2.75, 3.05) is 32.0 Å². The van der Waals surface area contributed by atoms with Crippen LogP contribution >= 0.6 is 11.6 Å². The molecule has 0 aliphatic heterocycles. The van der Waals surface area contributed by atoms with E-state index in [1.165, 1.54) is 0 Å². The first-order chi connectivity index (χ1) is 8.61. The molecule has 1 amide bonds. The van der Waals surface area contributed by atoms with E-state index in [0.29, 0.717) is 42.6 Å². The first-order valence-electron chi connectivity index (χ1n) is 6.02. The van der Waals surface area contributed by atoms with E-state index in [2.05, 4.69) is 0 Å². The van der Waals surface area contributed by atoms with Gasteiger partial charge in [-0.3, -0.25) is 4.79 Å². The van der Waals surface area contributed by atoms with Crippen LogP contribution in [0.15, 0.2) is 18.2 Å². The Morgan fingerprint density at radius 1 is 1.44 bits per heavy atom. The zero-order valence-corrected chi connectivity index (χ0v) is 11.5. The van der Waals surface area contributed by atoms with Crippen LogP contribution in [0.1, 0.15) is 24.2 Å². The maximum absolute atomic E-state index is 12.3. The van der Waals surface area contributed by atoms with Crippen LogP contribution in [0, 0.1) is 0 Å². The molecule has 0 unspecified atom stereocenters. The summed E-state index contributed by atoms with van der Waals surface area (Å²) in [6.07, 6.45) is 0. The number of hydrogen-bond donors (Lipinski definition) is 1. The maximum Gasteiger partial charge on any atom is 0.255 e. The molecule has 0 heterocycles. The lowest BCUT2D eigenvalue weighted by molar-refractivity contribution is 0.0669. The summed E-state index contributed by atoms with van der Waals surface area (Å²) in [5.74, 6) is -0.116. The lowest BCUT2D eigenvalue weighted by atomic mass is 10.1. The van der Waals surface area contributed by atoms with Gasteiger partial charge in [0.15, 0.2) is 0 Å². The Labute approximate surface area is 113 Å². The minimum Gasteiger partial charge on any atom is -0.398 e. The van der Waals surface area contributed by atoms with Crippen molar-refractivity contribution in [2.24, 2.45) is 0 Å². The standard InChI is InChI=1S/C13H19ClN2O2/c1-3-16(8-9-18-4-2)13(17)10-6-5-7-11(15)12(10)14/h5-7H,3-4,8-9,15H2,1-2H3. The fourth-order valence-corrected chi connectivity index (χ4v) is 1.81. The van der Waals surface area contributed by atoms with Crippen molar-refractivity contribution in [2.45, 2.75) is 13.8 Å². The van der Waals surface area contributed by atoms with Gasteiger partial charge >= 0.3 is 0 Å². The fraction of sp³-hybridized carbons (Fsp3) is 0.462. The molecule has 0 spiro atoms. The Morgan fingerprint density at radius 3 is 2.78 bits per heavy atom. The highest BCUT2D eigenvalue weighted by atomic mass is 35.5. The Bertz CT molecular complexity index is 410. The Balaban J connectivity index is 2.80. The number of ether oxygens (including phenoxy) is 1. The second-order valence-electron chi connectivity index (χ2n) is 3.79. The van der Waals surface area contributed by atoms with E-state index in [4.69, 9.17) is 22.1 Å². The van der Waals surface area contributed by atoms with Gasteiger partial charge in [0.1, 0.15) is 0 Å². The molecule has 0 saturated heterocycles. The number of nitrogens with zero attached hydrogens (tertiary/aromatic N) is 1. The normalized spacial score (nSPS) is 10.4. The molecule has 1 rings (SSSR count). The smallest absolute Gasteiger partial charge is 0.255 e. The first-order valence-corrected chi connectivity index (χ1v) is 6.40. The molecule has 0 aliphatic carbocycles. The summed E-state index contributed by atoms with van der Waals surface area (Å²) in [6, 6.07) is 5.09. The van der Waals surface area contributed by atoms with Crippen LogP contribution in [-0.4, -0.2) is 37.1 Å². The van der Waals surface area contributed by atoms with Crippen LogP contribution in [0.2, 0.25) is 5.02 Å². The molecule has 1 aromatic rings. The van der Waals surface area contributed by atoms with E-state index in [0.717, 1.165) is 0 Å². The average Bonchev–Trinajstić information content (AvgIpc) is 2.37. The minimum absolute atomic E-state index is 0.116. The third kappa shape index (κ3) is 3.62. The molecule has 0 saturated carbocycles. The molecule has 4 nitrogen and oxygen atoms in total. The summed E-state index contributed by atoms with van der Waals surface area (Å²) >= 11 is 6.05. The average molecular weight is 271 g/mol. The van der Waals surface area contributed by atoms with E-state index in [1.54, 1.807) is 23.1 Å². The molecule has 0 fully saturated rings. The number of halogens is 1. The molecule has 0 aromatic heterocycles. The number of nitrogen functional groups attached to an aromatic ring is 1. The molecule has 2 N–H and O–H groups in total. The monoisotopic (exact) mass is 270 g/mol. The number of carbonyl (C=O) groups is 1. The fourth-order valence-electron chi connectivity index (χ4n) is 1.61. The van der Waals surface area contributed by atoms with E-state index < -0.39 is 0 Å². The quantitative estimate of drug-likeness (QED) is 0.638. The van der Waals surface area contributed by atoms with Crippen molar-refractivity contribution in [3.63, 3.8) is 0 Å². The molecule has 0 bridgehead atoms. The largest absolute Gasteiger partial charge is 0.398 e. The number of likely N-dealkylation sites (N-methyl/N-ethyl adjacent to an activating group) is 1. The maximum atomic E-state index is 12.3. The van der Waals surface area contributed by atoms with E-state index in [-0.39, 0.29) is 5.91 Å². The zero-order valence-electron chi connectivity index (χ0n) is 10.8. The van der Waals surface area contributed by atoms with Crippen LogP contribution in [0.3, 0.4) is 0 Å². The molecule has 5 heteroatoms. The van der Waals surface area contributed by atoms with Crippen molar-refractivity contribution >= 4 is 23.2 Å². The van der Waals surface area contributed by atoms with Crippen LogP contribution in [0.25, 0.3) is 0 Å². The summed E-state index contributed by atoms with van der Waals surface area (Å²) in [4.78, 5) is 14.0. The Morgan fingerprint density at radius 2 is 2.17 bits per heavy atom. The summed E-state index contributed by atoms with van der Waals surface area (Å²) in [6.45, 7) is 6.17. The molecule has 0 aliphatic rings. The van der Waals surface area contributed by atoms with Gasteiger partial charge in [-0.25, -0.2) is 0 Å². The first kappa shape index (κ1) is 14.8. The number of benzene rings is 1. The minimum atomic E-state index is -0.116. The highest BCUT2D eigenvalue weighted by molar-refractivity contribution is 6.36. The SMILES string of the molecule is CCOCCN(CC)C(=O)c1cccc(N)c1Cl. The summed E-state index contributed by atoms with van der Waals surface area (Å²) < 4.78 is 5.25. The predicted octanol–water partition coefficient (Wildman–Crippen LogP) is 2.42. The topological polar surface area (TPSA) is 55.6 Å². The number of anilines is 1. The number of amides is 1. The summed E-state index contributed by atoms with van der Waals surface area (Å²) in [5, 5.41) is 0.317. The number of rotatable bonds is 6. The van der Waals surface area contributed by atoms with E-state index in [9.17, 15) is 4.79 Å². The predicted molar refractivity (Wildman–Crippen MR) is 73.9 cm³/mol. The van der Waals surface area contributed by atoms with Gasteiger partial charge in [0, 0.05) is 19.7 Å². The van der Waals surface area contributed by atoms with Gasteiger partial charge in [-0.15, -0.1) is 0 Å². The Kier molecular flexibility index (Phi) is 5.95. The molecule has 1 aromatic carbocycles. The third-order valence-corrected chi connectivity index (χ3v) is 3.06. The summed E-state index contributed by atoms with van der Waals surface area (Å²) in [7, 11) is 0. The van der Waals surface area contributed by atoms with Gasteiger partial charge in [0.25, 0.3) is 5.91 Å². The molecule has 18 heavy (non-hydrogen) atoms. The van der Waals surface area contributed by atoms with E-state index >= 15 is 0 Å². The lowest BCUT2D eigenvalue weighted by Gasteiger charge is -2.21. The summed E-state index contributed by atoms with van der Waals surface area (Å²) in [5.41, 5.74) is 6.55. The molecule has 100 valence electrons. The van der Waals surface area contributed by atoms with E-state index in [1.807, 2.05) is 13.8 Å². The molecular weight excluding hydrogens is 252 g/mol.